The van der Waals surface area contributed by atoms with Crippen molar-refractivity contribution in [2.24, 2.45) is 5.92 Å². The van der Waals surface area contributed by atoms with Crippen molar-refractivity contribution in [1.82, 2.24) is 24.9 Å². The van der Waals surface area contributed by atoms with Gasteiger partial charge in [-0.15, -0.1) is 0 Å². The van der Waals surface area contributed by atoms with Crippen molar-refractivity contribution in [3.8, 4) is 0 Å². The first-order valence-electron chi connectivity index (χ1n) is 11.9. The Morgan fingerprint density at radius 1 is 1.03 bits per heavy atom. The van der Waals surface area contributed by atoms with Crippen LogP contribution in [0.2, 0.25) is 0 Å². The molecule has 2 aliphatic rings. The molecule has 1 aromatic carbocycles. The zero-order valence-electron chi connectivity index (χ0n) is 19.3. The molecule has 0 bridgehead atoms. The summed E-state index contributed by atoms with van der Waals surface area (Å²) in [5, 5.41) is 7.75. The molecule has 2 amide bonds. The third-order valence-electron chi connectivity index (χ3n) is 6.89. The second-order valence-corrected chi connectivity index (χ2v) is 9.15. The van der Waals surface area contributed by atoms with Gasteiger partial charge in [-0.3, -0.25) is 19.2 Å². The highest BCUT2D eigenvalue weighted by molar-refractivity contribution is 5.79. The Hall–Kier alpha value is -2.67. The van der Waals surface area contributed by atoms with Gasteiger partial charge in [-0.25, -0.2) is 0 Å². The van der Waals surface area contributed by atoms with Gasteiger partial charge in [-0.05, 0) is 58.2 Å². The van der Waals surface area contributed by atoms with E-state index in [-0.39, 0.29) is 11.8 Å². The monoisotopic (exact) mass is 437 g/mol. The largest absolute Gasteiger partial charge is 0.351 e. The molecule has 2 aromatic rings. The van der Waals surface area contributed by atoms with Crippen molar-refractivity contribution in [2.45, 2.75) is 52.6 Å². The fourth-order valence-corrected chi connectivity index (χ4v) is 4.88. The van der Waals surface area contributed by atoms with Crippen molar-refractivity contribution >= 4 is 11.8 Å². The number of hydrogen-bond acceptors (Lipinski definition) is 4. The average Bonchev–Trinajstić information content (AvgIpc) is 3.42. The Labute approximate surface area is 190 Å². The van der Waals surface area contributed by atoms with Gasteiger partial charge >= 0.3 is 0 Å². The highest BCUT2D eigenvalue weighted by atomic mass is 16.2. The van der Waals surface area contributed by atoms with Crippen LogP contribution in [-0.4, -0.2) is 64.1 Å². The van der Waals surface area contributed by atoms with E-state index in [0.717, 1.165) is 75.4 Å². The van der Waals surface area contributed by atoms with E-state index in [1.807, 2.05) is 34.7 Å². The van der Waals surface area contributed by atoms with Crippen LogP contribution in [0.3, 0.4) is 0 Å². The minimum absolute atomic E-state index is 0.0314. The number of nitrogens with one attached hydrogen (secondary N) is 1. The number of amides is 2. The Bertz CT molecular complexity index is 925. The molecule has 32 heavy (non-hydrogen) atoms. The number of rotatable bonds is 7. The Balaban J connectivity index is 1.23. The summed E-state index contributed by atoms with van der Waals surface area (Å²) < 4.78 is 2.01. The van der Waals surface area contributed by atoms with Crippen LogP contribution >= 0.6 is 0 Å². The number of piperidine rings is 1. The number of aryl methyl sites for hydroxylation is 1. The van der Waals surface area contributed by atoms with Crippen molar-refractivity contribution in [1.29, 1.82) is 0 Å². The molecule has 1 aromatic heterocycles. The van der Waals surface area contributed by atoms with Crippen LogP contribution in [0.4, 0.5) is 0 Å². The zero-order chi connectivity index (χ0) is 22.5. The lowest BCUT2D eigenvalue weighted by Gasteiger charge is -2.32. The predicted molar refractivity (Wildman–Crippen MR) is 124 cm³/mol. The van der Waals surface area contributed by atoms with Crippen LogP contribution in [-0.2, 0) is 22.7 Å². The molecule has 1 N–H and O–H groups in total. The van der Waals surface area contributed by atoms with Crippen LogP contribution in [0.1, 0.15) is 48.2 Å². The van der Waals surface area contributed by atoms with E-state index in [0.29, 0.717) is 19.0 Å². The smallest absolute Gasteiger partial charge is 0.234 e. The first kappa shape index (κ1) is 22.5. The summed E-state index contributed by atoms with van der Waals surface area (Å²) in [6.07, 6.45) is 3.98. The Kier molecular flexibility index (Phi) is 7.25. The summed E-state index contributed by atoms with van der Waals surface area (Å²) in [7, 11) is 0. The molecule has 3 heterocycles. The maximum absolute atomic E-state index is 12.6. The second kappa shape index (κ2) is 10.3. The molecule has 4 rings (SSSR count). The molecule has 2 aliphatic heterocycles. The van der Waals surface area contributed by atoms with E-state index in [4.69, 9.17) is 0 Å². The summed E-state index contributed by atoms with van der Waals surface area (Å²) in [5.41, 5.74) is 4.34. The first-order valence-corrected chi connectivity index (χ1v) is 11.9. The lowest BCUT2D eigenvalue weighted by molar-refractivity contribution is -0.136. The molecular weight excluding hydrogens is 402 g/mol. The van der Waals surface area contributed by atoms with Gasteiger partial charge in [0.1, 0.15) is 0 Å². The van der Waals surface area contributed by atoms with Gasteiger partial charge in [0.15, 0.2) is 0 Å². The molecule has 0 aliphatic carbocycles. The van der Waals surface area contributed by atoms with Crippen molar-refractivity contribution in [3.05, 3.63) is 52.8 Å². The SMILES string of the molecule is Cc1nn(Cc2ccccc2)c(C)c1CNC(=O)CN1CCC(C(=O)N2CCCC2)CC1. The maximum Gasteiger partial charge on any atom is 0.234 e. The second-order valence-electron chi connectivity index (χ2n) is 9.15. The van der Waals surface area contributed by atoms with Crippen LogP contribution in [0.15, 0.2) is 30.3 Å². The number of nitrogens with zero attached hydrogens (tertiary/aromatic N) is 4. The summed E-state index contributed by atoms with van der Waals surface area (Å²) in [6, 6.07) is 10.3. The molecular formula is C25H35N5O2. The standard InChI is InChI=1S/C25H35N5O2/c1-19-23(20(2)30(27-19)17-21-8-4-3-5-9-21)16-26-24(31)18-28-14-10-22(11-15-28)25(32)29-12-6-7-13-29/h3-5,8-9,22H,6-7,10-18H2,1-2H3,(H,26,31). The molecule has 0 radical (unpaired) electrons. The van der Waals surface area contributed by atoms with Gasteiger partial charge in [0, 0.05) is 36.8 Å². The van der Waals surface area contributed by atoms with Gasteiger partial charge in [0.25, 0.3) is 0 Å². The summed E-state index contributed by atoms with van der Waals surface area (Å²) >= 11 is 0. The van der Waals surface area contributed by atoms with E-state index < -0.39 is 0 Å². The van der Waals surface area contributed by atoms with E-state index in [2.05, 4.69) is 34.4 Å². The van der Waals surface area contributed by atoms with Crippen LogP contribution in [0.5, 0.6) is 0 Å². The molecule has 0 spiro atoms. The summed E-state index contributed by atoms with van der Waals surface area (Å²) in [5.74, 6) is 0.488. The normalized spacial score (nSPS) is 17.6. The number of likely N-dealkylation sites (tertiary alicyclic amines) is 2. The fourth-order valence-electron chi connectivity index (χ4n) is 4.88. The average molecular weight is 438 g/mol. The van der Waals surface area contributed by atoms with Crippen molar-refractivity contribution < 1.29 is 9.59 Å². The third-order valence-corrected chi connectivity index (χ3v) is 6.89. The van der Waals surface area contributed by atoms with Gasteiger partial charge in [0.05, 0.1) is 18.8 Å². The Morgan fingerprint density at radius 2 is 1.72 bits per heavy atom. The van der Waals surface area contributed by atoms with Gasteiger partial charge < -0.3 is 10.2 Å². The molecule has 2 saturated heterocycles. The molecule has 0 saturated carbocycles. The highest BCUT2D eigenvalue weighted by Gasteiger charge is 2.30. The molecule has 0 atom stereocenters. The van der Waals surface area contributed by atoms with Gasteiger partial charge in [0.2, 0.25) is 11.8 Å². The Morgan fingerprint density at radius 3 is 2.41 bits per heavy atom. The van der Waals surface area contributed by atoms with E-state index in [1.54, 1.807) is 0 Å². The predicted octanol–water partition coefficient (Wildman–Crippen LogP) is 2.50. The minimum Gasteiger partial charge on any atom is -0.351 e. The highest BCUT2D eigenvalue weighted by Crippen LogP contribution is 2.22. The number of benzene rings is 1. The summed E-state index contributed by atoms with van der Waals surface area (Å²) in [4.78, 5) is 29.4. The van der Waals surface area contributed by atoms with Crippen LogP contribution in [0, 0.1) is 19.8 Å². The zero-order valence-corrected chi connectivity index (χ0v) is 19.3. The van der Waals surface area contributed by atoms with Crippen molar-refractivity contribution in [3.63, 3.8) is 0 Å². The molecule has 7 nitrogen and oxygen atoms in total. The maximum atomic E-state index is 12.6. The minimum atomic E-state index is 0.0314. The molecule has 0 unspecified atom stereocenters. The van der Waals surface area contributed by atoms with Crippen LogP contribution in [0.25, 0.3) is 0 Å². The molecule has 7 heteroatoms. The lowest BCUT2D eigenvalue weighted by atomic mass is 9.95. The fraction of sp³-hybridized carbons (Fsp3) is 0.560. The quantitative estimate of drug-likeness (QED) is 0.723. The third kappa shape index (κ3) is 5.38. The van der Waals surface area contributed by atoms with Crippen molar-refractivity contribution in [2.75, 3.05) is 32.7 Å². The first-order chi connectivity index (χ1) is 15.5. The topological polar surface area (TPSA) is 70.5 Å². The number of hydrogen-bond donors (Lipinski definition) is 1. The van der Waals surface area contributed by atoms with Gasteiger partial charge in [-0.1, -0.05) is 30.3 Å². The molecule has 2 fully saturated rings. The molecule has 172 valence electrons. The number of carbonyl (C=O) groups excluding carboxylic acids is 2. The lowest BCUT2D eigenvalue weighted by Crippen LogP contribution is -2.45. The number of carbonyl (C=O) groups is 2. The van der Waals surface area contributed by atoms with E-state index in [1.165, 1.54) is 5.56 Å². The summed E-state index contributed by atoms with van der Waals surface area (Å²) in [6.45, 7) is 9.13. The van der Waals surface area contributed by atoms with E-state index >= 15 is 0 Å². The van der Waals surface area contributed by atoms with Crippen LogP contribution < -0.4 is 5.32 Å². The van der Waals surface area contributed by atoms with Gasteiger partial charge in [-0.2, -0.15) is 5.10 Å². The number of aromatic nitrogens is 2. The van der Waals surface area contributed by atoms with E-state index in [9.17, 15) is 9.59 Å².